The molecule has 0 spiro atoms. The van der Waals surface area contributed by atoms with E-state index in [0.29, 0.717) is 11.4 Å². The minimum atomic E-state index is -3.90. The van der Waals surface area contributed by atoms with Crippen molar-refractivity contribution in [2.45, 2.75) is 18.7 Å². The highest BCUT2D eigenvalue weighted by atomic mass is 32.2. The molecule has 0 bridgehead atoms. The van der Waals surface area contributed by atoms with Crippen molar-refractivity contribution in [1.29, 1.82) is 5.26 Å². The van der Waals surface area contributed by atoms with E-state index < -0.39 is 9.84 Å². The van der Waals surface area contributed by atoms with Crippen molar-refractivity contribution >= 4 is 21.2 Å². The average molecular weight is 385 g/mol. The number of methoxy groups -OCH3 is 1. The molecule has 0 amide bonds. The molecular formula is C20H23N3O3S. The second-order valence-electron chi connectivity index (χ2n) is 5.66. The summed E-state index contributed by atoms with van der Waals surface area (Å²) in [5.41, 5.74) is 1.78. The van der Waals surface area contributed by atoms with E-state index >= 15 is 0 Å². The molecule has 6 nitrogen and oxygen atoms in total. The molecule has 0 aromatic heterocycles. The highest BCUT2D eigenvalue weighted by Crippen LogP contribution is 2.23. The molecule has 0 saturated carbocycles. The first-order chi connectivity index (χ1) is 13.0. The van der Waals surface area contributed by atoms with E-state index in [9.17, 15) is 13.7 Å². The Labute approximate surface area is 160 Å². The number of benzene rings is 2. The Bertz CT molecular complexity index is 924. The van der Waals surface area contributed by atoms with Gasteiger partial charge in [-0.25, -0.2) is 8.42 Å². The van der Waals surface area contributed by atoms with Gasteiger partial charge >= 0.3 is 0 Å². The van der Waals surface area contributed by atoms with E-state index in [1.165, 1.54) is 25.4 Å². The zero-order chi connectivity index (χ0) is 19.9. The lowest BCUT2D eigenvalue weighted by Gasteiger charge is -2.21. The highest BCUT2D eigenvalue weighted by molar-refractivity contribution is 7.95. The number of hydrogen-bond donors (Lipinski definition) is 1. The number of nitrogens with one attached hydrogen (secondary N) is 1. The van der Waals surface area contributed by atoms with Crippen LogP contribution < -0.4 is 15.0 Å². The van der Waals surface area contributed by atoms with Crippen LogP contribution in [0.1, 0.15) is 13.8 Å². The van der Waals surface area contributed by atoms with Crippen molar-refractivity contribution in [1.82, 2.24) is 0 Å². The van der Waals surface area contributed by atoms with Gasteiger partial charge in [-0.05, 0) is 62.4 Å². The minimum absolute atomic E-state index is 0.0368. The number of anilines is 2. The molecule has 0 unspecified atom stereocenters. The molecule has 0 aliphatic rings. The topological polar surface area (TPSA) is 82.4 Å². The van der Waals surface area contributed by atoms with E-state index in [0.717, 1.165) is 18.8 Å². The number of nitriles is 1. The Hall–Kier alpha value is -2.98. The van der Waals surface area contributed by atoms with Crippen LogP contribution >= 0.6 is 0 Å². The third-order valence-corrected chi connectivity index (χ3v) is 5.82. The fourth-order valence-electron chi connectivity index (χ4n) is 2.56. The molecule has 0 radical (unpaired) electrons. The standard InChI is InChI=1S/C20H23N3O3S/c1-4-23(5-2)17-8-6-16(7-9-17)22-15-20(14-21)27(24,25)19-12-10-18(26-3)11-13-19/h6-13,15,22H,4-5H2,1-3H3. The van der Waals surface area contributed by atoms with E-state index in [4.69, 9.17) is 4.74 Å². The molecular weight excluding hydrogens is 362 g/mol. The molecule has 0 fully saturated rings. The fraction of sp³-hybridized carbons (Fsp3) is 0.250. The maximum atomic E-state index is 12.6. The zero-order valence-corrected chi connectivity index (χ0v) is 16.5. The van der Waals surface area contributed by atoms with Gasteiger partial charge in [-0.2, -0.15) is 5.26 Å². The summed E-state index contributed by atoms with van der Waals surface area (Å²) in [5, 5.41) is 12.2. The molecule has 0 heterocycles. The number of ether oxygens (including phenoxy) is 1. The largest absolute Gasteiger partial charge is 0.497 e. The maximum Gasteiger partial charge on any atom is 0.218 e. The summed E-state index contributed by atoms with van der Waals surface area (Å²) in [4.78, 5) is 1.88. The molecule has 7 heteroatoms. The number of hydrogen-bond acceptors (Lipinski definition) is 6. The summed E-state index contributed by atoms with van der Waals surface area (Å²) in [5.74, 6) is 0.544. The van der Waals surface area contributed by atoms with Crippen LogP contribution in [0.15, 0.2) is 64.5 Å². The van der Waals surface area contributed by atoms with Gasteiger partial charge in [0.1, 0.15) is 11.8 Å². The summed E-state index contributed by atoms with van der Waals surface area (Å²) < 4.78 is 30.3. The van der Waals surface area contributed by atoms with Crippen molar-refractivity contribution in [3.63, 3.8) is 0 Å². The second kappa shape index (κ2) is 9.10. The van der Waals surface area contributed by atoms with Crippen molar-refractivity contribution in [2.24, 2.45) is 0 Å². The molecule has 2 aromatic carbocycles. The Balaban J connectivity index is 2.21. The summed E-state index contributed by atoms with van der Waals surface area (Å²) in [6, 6.07) is 15.3. The van der Waals surface area contributed by atoms with Crippen LogP contribution in [0.3, 0.4) is 0 Å². The summed E-state index contributed by atoms with van der Waals surface area (Å²) >= 11 is 0. The normalized spacial score (nSPS) is 11.6. The van der Waals surface area contributed by atoms with Gasteiger partial charge in [0.2, 0.25) is 9.84 Å². The third kappa shape index (κ3) is 4.80. The summed E-state index contributed by atoms with van der Waals surface area (Å²) in [6.45, 7) is 5.98. The molecule has 27 heavy (non-hydrogen) atoms. The Kier molecular flexibility index (Phi) is 6.85. The lowest BCUT2D eigenvalue weighted by atomic mass is 10.2. The lowest BCUT2D eigenvalue weighted by molar-refractivity contribution is 0.414. The van der Waals surface area contributed by atoms with Crippen molar-refractivity contribution in [3.8, 4) is 11.8 Å². The van der Waals surface area contributed by atoms with Crippen LogP contribution in [0.5, 0.6) is 5.75 Å². The molecule has 1 N–H and O–H groups in total. The molecule has 0 saturated heterocycles. The minimum Gasteiger partial charge on any atom is -0.497 e. The fourth-order valence-corrected chi connectivity index (χ4v) is 3.64. The predicted octanol–water partition coefficient (Wildman–Crippen LogP) is 3.79. The number of rotatable bonds is 8. The van der Waals surface area contributed by atoms with Gasteiger partial charge < -0.3 is 15.0 Å². The van der Waals surface area contributed by atoms with Gasteiger partial charge in [-0.1, -0.05) is 0 Å². The number of sulfone groups is 1. The van der Waals surface area contributed by atoms with Crippen molar-refractivity contribution < 1.29 is 13.2 Å². The summed E-state index contributed by atoms with van der Waals surface area (Å²) in [6.07, 6.45) is 1.21. The number of nitrogens with zero attached hydrogens (tertiary/aromatic N) is 2. The Morgan fingerprint density at radius 2 is 1.70 bits per heavy atom. The SMILES string of the molecule is CCN(CC)c1ccc(NC=C(C#N)S(=O)(=O)c2ccc(OC)cc2)cc1. The first-order valence-electron chi connectivity index (χ1n) is 8.57. The molecule has 142 valence electrons. The van der Waals surface area contributed by atoms with Crippen LogP contribution in [0, 0.1) is 11.3 Å². The molecule has 0 aliphatic heterocycles. The first kappa shape index (κ1) is 20.3. The third-order valence-electron chi connectivity index (χ3n) is 4.14. The molecule has 2 rings (SSSR count). The van der Waals surface area contributed by atoms with Gasteiger partial charge in [0.05, 0.1) is 12.0 Å². The quantitative estimate of drug-likeness (QED) is 0.696. The monoisotopic (exact) mass is 385 g/mol. The van der Waals surface area contributed by atoms with E-state index in [1.54, 1.807) is 18.2 Å². The molecule has 0 atom stereocenters. The van der Waals surface area contributed by atoms with E-state index in [2.05, 4.69) is 24.1 Å². The second-order valence-corrected chi connectivity index (χ2v) is 7.58. The number of allylic oxidation sites excluding steroid dienone is 1. The van der Waals surface area contributed by atoms with Gasteiger partial charge in [-0.15, -0.1) is 0 Å². The lowest BCUT2D eigenvalue weighted by Crippen LogP contribution is -2.21. The maximum absolute atomic E-state index is 12.6. The highest BCUT2D eigenvalue weighted by Gasteiger charge is 2.20. The zero-order valence-electron chi connectivity index (χ0n) is 15.6. The summed E-state index contributed by atoms with van der Waals surface area (Å²) in [7, 11) is -2.40. The van der Waals surface area contributed by atoms with Crippen LogP contribution in [0.4, 0.5) is 11.4 Å². The van der Waals surface area contributed by atoms with Crippen LogP contribution in [-0.4, -0.2) is 28.6 Å². The van der Waals surface area contributed by atoms with Crippen LogP contribution in [0.2, 0.25) is 0 Å². The molecule has 0 aliphatic carbocycles. The van der Waals surface area contributed by atoms with E-state index in [1.807, 2.05) is 24.3 Å². The smallest absolute Gasteiger partial charge is 0.218 e. The van der Waals surface area contributed by atoms with Crippen molar-refractivity contribution in [3.05, 3.63) is 59.6 Å². The van der Waals surface area contributed by atoms with E-state index in [-0.39, 0.29) is 9.80 Å². The van der Waals surface area contributed by atoms with Gasteiger partial charge in [0.15, 0.2) is 4.91 Å². The van der Waals surface area contributed by atoms with Crippen LogP contribution in [-0.2, 0) is 9.84 Å². The molecule has 2 aromatic rings. The predicted molar refractivity (Wildman–Crippen MR) is 108 cm³/mol. The Morgan fingerprint density at radius 3 is 2.19 bits per heavy atom. The van der Waals surface area contributed by atoms with Crippen LogP contribution in [0.25, 0.3) is 0 Å². The van der Waals surface area contributed by atoms with Gasteiger partial charge in [-0.3, -0.25) is 0 Å². The average Bonchev–Trinajstić information content (AvgIpc) is 2.70. The van der Waals surface area contributed by atoms with Gasteiger partial charge in [0, 0.05) is 30.7 Å². The van der Waals surface area contributed by atoms with Gasteiger partial charge in [0.25, 0.3) is 0 Å². The first-order valence-corrected chi connectivity index (χ1v) is 10.1. The Morgan fingerprint density at radius 1 is 1.11 bits per heavy atom. The van der Waals surface area contributed by atoms with Crippen molar-refractivity contribution in [2.75, 3.05) is 30.4 Å².